The highest BCUT2D eigenvalue weighted by Crippen LogP contribution is 2.36. The van der Waals surface area contributed by atoms with Gasteiger partial charge in [-0.05, 0) is 40.2 Å². The van der Waals surface area contributed by atoms with E-state index in [-0.39, 0.29) is 24.2 Å². The molecule has 1 unspecified atom stereocenters. The van der Waals surface area contributed by atoms with Crippen LogP contribution in [0.15, 0.2) is 83.3 Å². The minimum atomic E-state index is -0.0874. The number of ketones is 1. The maximum atomic E-state index is 13.0. The molecule has 0 saturated carbocycles. The predicted molar refractivity (Wildman–Crippen MR) is 124 cm³/mol. The number of rotatable bonds is 5. The Morgan fingerprint density at radius 2 is 1.68 bits per heavy atom. The topological polar surface area (TPSA) is 55.2 Å². The lowest BCUT2D eigenvalue weighted by Gasteiger charge is -2.18. The molecule has 5 nitrogen and oxygen atoms in total. The number of carbonyl (C=O) groups is 2. The van der Waals surface area contributed by atoms with Crippen LogP contribution in [0.2, 0.25) is 0 Å². The van der Waals surface area contributed by atoms with E-state index in [4.69, 9.17) is 4.98 Å². The summed E-state index contributed by atoms with van der Waals surface area (Å²) in [4.78, 5) is 32.5. The average Bonchev–Trinajstić information content (AvgIpc) is 3.35. The maximum Gasteiger partial charge on any atom is 0.227 e. The maximum absolute atomic E-state index is 13.0. The molecule has 1 aliphatic rings. The number of halogens is 1. The molecule has 0 N–H and O–H groups in total. The third kappa shape index (κ3) is 3.68. The van der Waals surface area contributed by atoms with Crippen LogP contribution < -0.4 is 4.90 Å². The van der Waals surface area contributed by atoms with Crippen molar-refractivity contribution < 1.29 is 9.59 Å². The molecule has 5 rings (SSSR count). The molecule has 1 aromatic heterocycles. The van der Waals surface area contributed by atoms with Gasteiger partial charge in [0.2, 0.25) is 5.91 Å². The van der Waals surface area contributed by atoms with Crippen LogP contribution in [-0.4, -0.2) is 27.8 Å². The Morgan fingerprint density at radius 1 is 0.968 bits per heavy atom. The van der Waals surface area contributed by atoms with E-state index in [1.807, 2.05) is 83.4 Å². The highest BCUT2D eigenvalue weighted by atomic mass is 79.9. The minimum Gasteiger partial charge on any atom is -0.320 e. The van der Waals surface area contributed by atoms with Crippen molar-refractivity contribution in [1.29, 1.82) is 0 Å². The van der Waals surface area contributed by atoms with Crippen LogP contribution in [0.3, 0.4) is 0 Å². The molecule has 0 bridgehead atoms. The van der Waals surface area contributed by atoms with Crippen molar-refractivity contribution in [3.63, 3.8) is 0 Å². The summed E-state index contributed by atoms with van der Waals surface area (Å²) in [6, 6.07) is 24.8. The van der Waals surface area contributed by atoms with Gasteiger partial charge in [0.05, 0.1) is 23.3 Å². The number of amides is 1. The lowest BCUT2D eigenvalue weighted by Crippen LogP contribution is -2.25. The Morgan fingerprint density at radius 3 is 2.48 bits per heavy atom. The number of hydrogen-bond donors (Lipinski definition) is 0. The zero-order valence-corrected chi connectivity index (χ0v) is 18.3. The van der Waals surface area contributed by atoms with Crippen molar-refractivity contribution in [1.82, 2.24) is 9.55 Å². The second-order valence-corrected chi connectivity index (χ2v) is 8.55. The van der Waals surface area contributed by atoms with Gasteiger partial charge in [0.15, 0.2) is 5.78 Å². The van der Waals surface area contributed by atoms with Gasteiger partial charge >= 0.3 is 0 Å². The first-order chi connectivity index (χ1) is 15.1. The monoisotopic (exact) mass is 473 g/mol. The molecule has 3 aromatic carbocycles. The Labute approximate surface area is 188 Å². The molecule has 1 amide bonds. The van der Waals surface area contributed by atoms with Crippen LogP contribution in [0.1, 0.15) is 28.5 Å². The van der Waals surface area contributed by atoms with Crippen LogP contribution in [0.4, 0.5) is 5.69 Å². The molecule has 2 heterocycles. The fourth-order valence-corrected chi connectivity index (χ4v) is 4.71. The molecule has 6 heteroatoms. The second-order valence-electron chi connectivity index (χ2n) is 7.69. The summed E-state index contributed by atoms with van der Waals surface area (Å²) in [5.41, 5.74) is 3.28. The number of fused-ring (bicyclic) bond motifs is 1. The fourth-order valence-electron chi connectivity index (χ4n) is 4.21. The highest BCUT2D eigenvalue weighted by Gasteiger charge is 2.35. The van der Waals surface area contributed by atoms with Crippen molar-refractivity contribution in [3.05, 3.63) is 94.7 Å². The zero-order valence-electron chi connectivity index (χ0n) is 16.7. The van der Waals surface area contributed by atoms with Gasteiger partial charge in [0.25, 0.3) is 0 Å². The van der Waals surface area contributed by atoms with Gasteiger partial charge in [-0.3, -0.25) is 9.59 Å². The molecule has 0 spiro atoms. The normalized spacial score (nSPS) is 16.2. The van der Waals surface area contributed by atoms with Crippen molar-refractivity contribution in [2.24, 2.45) is 0 Å². The summed E-state index contributed by atoms with van der Waals surface area (Å²) >= 11 is 3.55. The largest absolute Gasteiger partial charge is 0.320 e. The average molecular weight is 474 g/mol. The van der Waals surface area contributed by atoms with Crippen LogP contribution in [0.5, 0.6) is 0 Å². The number of para-hydroxylation sites is 3. The van der Waals surface area contributed by atoms with E-state index in [0.29, 0.717) is 18.5 Å². The minimum absolute atomic E-state index is 0.0250. The molecule has 1 saturated heterocycles. The van der Waals surface area contributed by atoms with Crippen molar-refractivity contribution in [3.8, 4) is 0 Å². The van der Waals surface area contributed by atoms with E-state index in [2.05, 4.69) is 15.9 Å². The van der Waals surface area contributed by atoms with Crippen LogP contribution in [-0.2, 0) is 11.3 Å². The Balaban J connectivity index is 1.52. The molecule has 1 aliphatic heterocycles. The molecule has 154 valence electrons. The van der Waals surface area contributed by atoms with Gasteiger partial charge in [-0.1, -0.05) is 54.6 Å². The van der Waals surface area contributed by atoms with Gasteiger partial charge in [0, 0.05) is 28.9 Å². The standard InChI is InChI=1S/C25H20BrN3O2/c26-19-10-4-6-12-21(19)28-15-18(14-24(28)31)25-27-20-11-5-7-13-22(20)29(25)16-23(30)17-8-2-1-3-9-17/h1-13,18H,14-16H2. The van der Waals surface area contributed by atoms with Crippen LogP contribution >= 0.6 is 15.9 Å². The summed E-state index contributed by atoms with van der Waals surface area (Å²) in [5.74, 6) is 0.783. The first kappa shape index (κ1) is 19.7. The lowest BCUT2D eigenvalue weighted by molar-refractivity contribution is -0.117. The number of nitrogens with zero attached hydrogens (tertiary/aromatic N) is 3. The summed E-state index contributed by atoms with van der Waals surface area (Å²) < 4.78 is 2.86. The number of carbonyl (C=O) groups excluding carboxylic acids is 2. The van der Waals surface area contributed by atoms with Gasteiger partial charge < -0.3 is 9.47 Å². The van der Waals surface area contributed by atoms with E-state index in [9.17, 15) is 9.59 Å². The molecular formula is C25H20BrN3O2. The summed E-state index contributed by atoms with van der Waals surface area (Å²) in [5, 5.41) is 0. The highest BCUT2D eigenvalue weighted by molar-refractivity contribution is 9.10. The molecule has 1 atom stereocenters. The smallest absolute Gasteiger partial charge is 0.227 e. The first-order valence-electron chi connectivity index (χ1n) is 10.2. The van der Waals surface area contributed by atoms with Gasteiger partial charge in [-0.25, -0.2) is 4.98 Å². The van der Waals surface area contributed by atoms with E-state index in [0.717, 1.165) is 27.0 Å². The Hall–Kier alpha value is -3.25. The van der Waals surface area contributed by atoms with Crippen molar-refractivity contribution >= 4 is 44.3 Å². The van der Waals surface area contributed by atoms with Gasteiger partial charge in [0.1, 0.15) is 5.82 Å². The molecule has 4 aromatic rings. The molecule has 31 heavy (non-hydrogen) atoms. The first-order valence-corrected chi connectivity index (χ1v) is 11.0. The SMILES string of the molecule is O=C(Cn1c(C2CC(=O)N(c3ccccc3Br)C2)nc2ccccc21)c1ccccc1. The summed E-state index contributed by atoms with van der Waals surface area (Å²) in [6.07, 6.45) is 0.365. The lowest BCUT2D eigenvalue weighted by atomic mass is 10.1. The number of benzene rings is 3. The van der Waals surface area contributed by atoms with E-state index in [1.165, 1.54) is 0 Å². The van der Waals surface area contributed by atoms with Gasteiger partial charge in [-0.15, -0.1) is 0 Å². The summed E-state index contributed by atoms with van der Waals surface area (Å²) in [6.45, 7) is 0.726. The molecule has 1 fully saturated rings. The van der Waals surface area contributed by atoms with Crippen molar-refractivity contribution in [2.45, 2.75) is 18.9 Å². The number of hydrogen-bond acceptors (Lipinski definition) is 3. The quantitative estimate of drug-likeness (QED) is 0.374. The van der Waals surface area contributed by atoms with E-state index in [1.54, 1.807) is 4.90 Å². The zero-order chi connectivity index (χ0) is 21.4. The fraction of sp³-hybridized carbons (Fsp3) is 0.160. The van der Waals surface area contributed by atoms with Crippen LogP contribution in [0, 0.1) is 0 Å². The third-order valence-electron chi connectivity index (χ3n) is 5.71. The van der Waals surface area contributed by atoms with Crippen molar-refractivity contribution in [2.75, 3.05) is 11.4 Å². The van der Waals surface area contributed by atoms with Gasteiger partial charge in [-0.2, -0.15) is 0 Å². The molecule has 0 aliphatic carbocycles. The molecule has 0 radical (unpaired) electrons. The van der Waals surface area contributed by atoms with E-state index >= 15 is 0 Å². The van der Waals surface area contributed by atoms with E-state index < -0.39 is 0 Å². The molecular weight excluding hydrogens is 454 g/mol. The summed E-state index contributed by atoms with van der Waals surface area (Å²) in [7, 11) is 0. The number of anilines is 1. The number of imidazole rings is 1. The Bertz CT molecular complexity index is 1280. The number of aromatic nitrogens is 2. The third-order valence-corrected chi connectivity index (χ3v) is 6.39. The second kappa shape index (κ2) is 8.12. The van der Waals surface area contributed by atoms with Crippen LogP contribution in [0.25, 0.3) is 11.0 Å². The predicted octanol–water partition coefficient (Wildman–Crippen LogP) is 5.20. The number of Topliss-reactive ketones (excluding diaryl/α,β-unsaturated/α-hetero) is 1. The Kier molecular flexibility index (Phi) is 5.16.